The largest absolute Gasteiger partial charge is 0.466 e. The molecule has 6 nitrogen and oxygen atoms in total. The molecule has 0 aromatic rings. The molecule has 0 fully saturated rings. The van der Waals surface area contributed by atoms with Crippen molar-refractivity contribution in [2.45, 2.75) is 239 Å². The Balaban J connectivity index is 3.54. The van der Waals surface area contributed by atoms with Gasteiger partial charge in [0.15, 0.2) is 0 Å². The SMILES string of the molecule is CCCCC/C=C\C/C=C\CCCCCCCCN(CCO)CCCCCCCCCC(=O)OCCCCCCCCCCN(CCO)CCCCCCCCC. The Hall–Kier alpha value is -1.21. The summed E-state index contributed by atoms with van der Waals surface area (Å²) in [6, 6.07) is 0. The van der Waals surface area contributed by atoms with E-state index in [0.717, 1.165) is 71.4 Å². The number of ether oxygens (including phenoxy) is 1. The Morgan fingerprint density at radius 1 is 0.404 bits per heavy atom. The van der Waals surface area contributed by atoms with E-state index in [-0.39, 0.29) is 19.2 Å². The van der Waals surface area contributed by atoms with Crippen LogP contribution in [0.1, 0.15) is 239 Å². The first-order chi connectivity index (χ1) is 28.2. The van der Waals surface area contributed by atoms with Gasteiger partial charge in [-0.25, -0.2) is 0 Å². The van der Waals surface area contributed by atoms with Crippen LogP contribution in [0.4, 0.5) is 0 Å². The maximum Gasteiger partial charge on any atom is 0.305 e. The van der Waals surface area contributed by atoms with Gasteiger partial charge < -0.3 is 24.7 Å². The van der Waals surface area contributed by atoms with Gasteiger partial charge in [0.05, 0.1) is 19.8 Å². The van der Waals surface area contributed by atoms with Crippen molar-refractivity contribution in [2.75, 3.05) is 59.1 Å². The monoisotopic (exact) mass is 805 g/mol. The highest BCUT2D eigenvalue weighted by molar-refractivity contribution is 5.69. The summed E-state index contributed by atoms with van der Waals surface area (Å²) in [7, 11) is 0. The second kappa shape index (κ2) is 49.2. The van der Waals surface area contributed by atoms with Crippen LogP contribution >= 0.6 is 0 Å². The Morgan fingerprint density at radius 3 is 1.16 bits per heavy atom. The molecule has 57 heavy (non-hydrogen) atoms. The van der Waals surface area contributed by atoms with Gasteiger partial charge in [-0.05, 0) is 96.8 Å². The van der Waals surface area contributed by atoms with E-state index in [0.29, 0.717) is 13.0 Å². The summed E-state index contributed by atoms with van der Waals surface area (Å²) in [6.45, 7) is 11.8. The zero-order valence-electron chi connectivity index (χ0n) is 38.5. The molecule has 0 aliphatic rings. The number of allylic oxidation sites excluding steroid dienone is 4. The van der Waals surface area contributed by atoms with Gasteiger partial charge >= 0.3 is 5.97 Å². The number of carbonyl (C=O) groups excluding carboxylic acids is 1. The average molecular weight is 805 g/mol. The van der Waals surface area contributed by atoms with Crippen molar-refractivity contribution in [2.24, 2.45) is 0 Å². The molecule has 0 bridgehead atoms. The zero-order chi connectivity index (χ0) is 41.4. The Bertz CT molecular complexity index is 834. The summed E-state index contributed by atoms with van der Waals surface area (Å²) >= 11 is 0. The fourth-order valence-corrected chi connectivity index (χ4v) is 7.81. The molecule has 0 rings (SSSR count). The van der Waals surface area contributed by atoms with Crippen molar-refractivity contribution in [1.82, 2.24) is 9.80 Å². The Labute approximate surface area is 356 Å². The summed E-state index contributed by atoms with van der Waals surface area (Å²) in [4.78, 5) is 17.1. The molecule has 0 heterocycles. The first kappa shape index (κ1) is 55.8. The topological polar surface area (TPSA) is 73.2 Å². The van der Waals surface area contributed by atoms with Gasteiger partial charge in [-0.2, -0.15) is 0 Å². The summed E-state index contributed by atoms with van der Waals surface area (Å²) in [5.41, 5.74) is 0. The highest BCUT2D eigenvalue weighted by Gasteiger charge is 2.06. The predicted molar refractivity (Wildman–Crippen MR) is 249 cm³/mol. The van der Waals surface area contributed by atoms with Gasteiger partial charge in [-0.3, -0.25) is 4.79 Å². The molecule has 0 aromatic carbocycles. The van der Waals surface area contributed by atoms with Crippen LogP contribution in [0.5, 0.6) is 0 Å². The van der Waals surface area contributed by atoms with Crippen LogP contribution in [0.25, 0.3) is 0 Å². The molecule has 0 aliphatic carbocycles. The van der Waals surface area contributed by atoms with Crippen molar-refractivity contribution in [3.05, 3.63) is 24.3 Å². The quantitative estimate of drug-likeness (QED) is 0.0363. The lowest BCUT2D eigenvalue weighted by atomic mass is 10.1. The normalized spacial score (nSPS) is 12.0. The van der Waals surface area contributed by atoms with Crippen LogP contribution in [-0.4, -0.2) is 85.1 Å². The molecule has 6 heteroatoms. The number of aliphatic hydroxyl groups excluding tert-OH is 2. The van der Waals surface area contributed by atoms with E-state index >= 15 is 0 Å². The minimum Gasteiger partial charge on any atom is -0.466 e. The summed E-state index contributed by atoms with van der Waals surface area (Å²) in [5, 5.41) is 19.0. The molecule has 0 saturated heterocycles. The lowest BCUT2D eigenvalue weighted by Gasteiger charge is -2.21. The smallest absolute Gasteiger partial charge is 0.305 e. The third kappa shape index (κ3) is 45.7. The first-order valence-electron chi connectivity index (χ1n) is 25.3. The van der Waals surface area contributed by atoms with Gasteiger partial charge in [0.25, 0.3) is 0 Å². The second-order valence-electron chi connectivity index (χ2n) is 17.1. The van der Waals surface area contributed by atoms with Crippen LogP contribution in [0.3, 0.4) is 0 Å². The number of unbranched alkanes of at least 4 members (excludes halogenated alkanes) is 28. The van der Waals surface area contributed by atoms with E-state index in [9.17, 15) is 15.0 Å². The van der Waals surface area contributed by atoms with Crippen molar-refractivity contribution >= 4 is 5.97 Å². The highest BCUT2D eigenvalue weighted by atomic mass is 16.5. The lowest BCUT2D eigenvalue weighted by molar-refractivity contribution is -0.143. The molecule has 0 aromatic heterocycles. The number of esters is 1. The van der Waals surface area contributed by atoms with Crippen LogP contribution in [0, 0.1) is 0 Å². The van der Waals surface area contributed by atoms with Gasteiger partial charge in [0.1, 0.15) is 0 Å². The molecule has 0 amide bonds. The predicted octanol–water partition coefficient (Wildman–Crippen LogP) is 13.9. The molecular weight excluding hydrogens is 705 g/mol. The molecule has 2 N–H and O–H groups in total. The van der Waals surface area contributed by atoms with Crippen LogP contribution in [0.2, 0.25) is 0 Å². The van der Waals surface area contributed by atoms with Crippen molar-refractivity contribution < 1.29 is 19.7 Å². The highest BCUT2D eigenvalue weighted by Crippen LogP contribution is 2.14. The van der Waals surface area contributed by atoms with E-state index in [4.69, 9.17) is 4.74 Å². The van der Waals surface area contributed by atoms with Gasteiger partial charge in [0, 0.05) is 19.5 Å². The molecule has 0 aliphatic heterocycles. The van der Waals surface area contributed by atoms with Crippen LogP contribution < -0.4 is 0 Å². The molecule has 0 spiro atoms. The first-order valence-corrected chi connectivity index (χ1v) is 25.3. The fraction of sp³-hybridized carbons (Fsp3) is 0.902. The second-order valence-corrected chi connectivity index (χ2v) is 17.1. The van der Waals surface area contributed by atoms with Crippen molar-refractivity contribution in [3.63, 3.8) is 0 Å². The molecule has 338 valence electrons. The van der Waals surface area contributed by atoms with E-state index in [1.165, 1.54) is 186 Å². The van der Waals surface area contributed by atoms with Gasteiger partial charge in [-0.1, -0.05) is 186 Å². The van der Waals surface area contributed by atoms with Crippen LogP contribution in [0.15, 0.2) is 24.3 Å². The molecule has 0 saturated carbocycles. The zero-order valence-corrected chi connectivity index (χ0v) is 38.5. The summed E-state index contributed by atoms with van der Waals surface area (Å²) in [6.07, 6.45) is 52.9. The summed E-state index contributed by atoms with van der Waals surface area (Å²) < 4.78 is 5.50. The van der Waals surface area contributed by atoms with Crippen LogP contribution in [-0.2, 0) is 9.53 Å². The van der Waals surface area contributed by atoms with Crippen molar-refractivity contribution in [3.8, 4) is 0 Å². The maximum atomic E-state index is 12.1. The lowest BCUT2D eigenvalue weighted by Crippen LogP contribution is -2.29. The Kier molecular flexibility index (Phi) is 48.1. The van der Waals surface area contributed by atoms with Crippen molar-refractivity contribution in [1.29, 1.82) is 0 Å². The summed E-state index contributed by atoms with van der Waals surface area (Å²) in [5.74, 6) is -0.0130. The number of carbonyl (C=O) groups is 1. The number of aliphatic hydroxyl groups is 2. The molecule has 0 unspecified atom stereocenters. The number of rotatable bonds is 48. The molecule has 0 radical (unpaired) electrons. The maximum absolute atomic E-state index is 12.1. The van der Waals surface area contributed by atoms with E-state index in [2.05, 4.69) is 48.0 Å². The standard InChI is InChI=1S/C51H100N2O4/c1-3-5-7-9-11-12-13-14-15-16-17-18-19-25-31-37-43-53(47-49-55)45-39-33-27-22-23-29-35-41-51(56)57-50-40-34-28-21-20-26-32-38-44-52(46-48-54)42-36-30-24-10-8-6-4-2/h11-12,14-15,54-55H,3-10,13,16-50H2,1-2H3/b12-11-,15-14-. The Morgan fingerprint density at radius 2 is 0.737 bits per heavy atom. The average Bonchev–Trinajstić information content (AvgIpc) is 3.21. The number of nitrogens with zero attached hydrogens (tertiary/aromatic N) is 2. The minimum atomic E-state index is -0.0130. The number of hydrogen-bond acceptors (Lipinski definition) is 6. The third-order valence-corrected chi connectivity index (χ3v) is 11.6. The van der Waals surface area contributed by atoms with E-state index in [1.807, 2.05) is 0 Å². The fourth-order valence-electron chi connectivity index (χ4n) is 7.81. The van der Waals surface area contributed by atoms with E-state index < -0.39 is 0 Å². The van der Waals surface area contributed by atoms with Gasteiger partial charge in [-0.15, -0.1) is 0 Å². The molecule has 0 atom stereocenters. The molecular formula is C51H100N2O4. The third-order valence-electron chi connectivity index (χ3n) is 11.6. The van der Waals surface area contributed by atoms with Gasteiger partial charge in [0.2, 0.25) is 0 Å². The minimum absolute atomic E-state index is 0.0130. The number of hydrogen-bond donors (Lipinski definition) is 2. The van der Waals surface area contributed by atoms with E-state index in [1.54, 1.807) is 0 Å².